The number of benzene rings is 7. The molecule has 20 rings (SSSR count). The van der Waals surface area contributed by atoms with Gasteiger partial charge in [0.2, 0.25) is 0 Å². The predicted octanol–water partition coefficient (Wildman–Crippen LogP) is 16.7. The van der Waals surface area contributed by atoms with Crippen LogP contribution in [0.2, 0.25) is 0 Å². The van der Waals surface area contributed by atoms with Crippen LogP contribution in [-0.4, -0.2) is 9.38 Å². The van der Waals surface area contributed by atoms with Gasteiger partial charge in [0.25, 0.3) is 0 Å². The van der Waals surface area contributed by atoms with Gasteiger partial charge in [-0.1, -0.05) is 127 Å². The van der Waals surface area contributed by atoms with E-state index in [0.717, 1.165) is 23.7 Å². The Hall–Kier alpha value is -6.51. The Morgan fingerprint density at radius 2 is 0.912 bits per heavy atom. The van der Waals surface area contributed by atoms with Crippen LogP contribution in [0, 0.1) is 23.7 Å². The van der Waals surface area contributed by atoms with Crippen molar-refractivity contribution in [3.63, 3.8) is 0 Å². The first-order chi connectivity index (χ1) is 33.7. The van der Waals surface area contributed by atoms with Crippen LogP contribution in [0.3, 0.4) is 0 Å². The smallest absolute Gasteiger partial charge is 0.0732 e. The number of aromatic nitrogens is 2. The van der Waals surface area contributed by atoms with Crippen molar-refractivity contribution in [2.75, 3.05) is 0 Å². The molecule has 2 heteroatoms. The topological polar surface area (TPSA) is 17.3 Å². The van der Waals surface area contributed by atoms with Gasteiger partial charge in [0.15, 0.2) is 0 Å². The van der Waals surface area contributed by atoms with Crippen LogP contribution < -0.4 is 0 Å². The lowest BCUT2D eigenvalue weighted by Gasteiger charge is -2.38. The van der Waals surface area contributed by atoms with Crippen LogP contribution >= 0.6 is 0 Å². The van der Waals surface area contributed by atoms with Gasteiger partial charge in [-0.3, -0.25) is 4.98 Å². The maximum atomic E-state index is 5.78. The first kappa shape index (κ1) is 36.5. The van der Waals surface area contributed by atoms with Crippen LogP contribution in [-0.2, 0) is 5.41 Å². The molecule has 1 spiro atoms. The third-order valence-electron chi connectivity index (χ3n) is 20.2. The molecule has 3 aromatic heterocycles. The van der Waals surface area contributed by atoms with Crippen LogP contribution in [0.25, 0.3) is 82.6 Å². The second-order valence-corrected chi connectivity index (χ2v) is 23.3. The number of pyridine rings is 1. The Morgan fingerprint density at radius 3 is 1.54 bits per heavy atom. The SMILES string of the molecule is c1ccc(-c2ccccc2-c2cc3c(c4c2C2CC5CC(C2)CC4C5)c2cc4c(c5c6c7c(ncc6n3c25)C2CC3CC(C2)CC7C3)C2(c3ccccc3-c3ccccc32)c2ccccc2-4)cc1. The lowest BCUT2D eigenvalue weighted by atomic mass is 9.66. The van der Waals surface area contributed by atoms with Gasteiger partial charge < -0.3 is 4.40 Å². The van der Waals surface area contributed by atoms with E-state index in [1.54, 1.807) is 27.5 Å². The first-order valence-corrected chi connectivity index (χ1v) is 26.4. The van der Waals surface area contributed by atoms with Crippen molar-refractivity contribution in [1.29, 1.82) is 0 Å². The summed E-state index contributed by atoms with van der Waals surface area (Å²) in [6, 6.07) is 54.7. The van der Waals surface area contributed by atoms with Crippen molar-refractivity contribution in [3.05, 3.63) is 190 Å². The zero-order valence-corrected chi connectivity index (χ0v) is 38.4. The van der Waals surface area contributed by atoms with E-state index >= 15 is 0 Å². The van der Waals surface area contributed by atoms with Crippen molar-refractivity contribution < 1.29 is 0 Å². The van der Waals surface area contributed by atoms with Gasteiger partial charge in [0.05, 0.1) is 28.2 Å². The second-order valence-electron chi connectivity index (χ2n) is 23.3. The number of nitrogens with zero attached hydrogens (tertiary/aromatic N) is 2. The molecular weight excluding hydrogens is 821 g/mol. The van der Waals surface area contributed by atoms with Gasteiger partial charge in [0, 0.05) is 33.2 Å². The molecule has 4 fully saturated rings. The second kappa shape index (κ2) is 12.6. The molecule has 10 aliphatic rings. The minimum Gasteiger partial charge on any atom is -0.306 e. The van der Waals surface area contributed by atoms with E-state index in [4.69, 9.17) is 4.98 Å². The molecule has 4 unspecified atom stereocenters. The first-order valence-electron chi connectivity index (χ1n) is 26.4. The van der Waals surface area contributed by atoms with Gasteiger partial charge in [0.1, 0.15) is 0 Å². The molecule has 0 N–H and O–H groups in total. The molecular formula is C66H52N2. The van der Waals surface area contributed by atoms with Crippen molar-refractivity contribution in [2.45, 2.75) is 93.3 Å². The van der Waals surface area contributed by atoms with E-state index < -0.39 is 5.41 Å². The van der Waals surface area contributed by atoms with Crippen LogP contribution in [0.15, 0.2) is 146 Å². The fourth-order valence-electron chi connectivity index (χ4n) is 18.5. The minimum atomic E-state index is -0.432. The fraction of sp³-hybridized carbons (Fsp3) is 0.288. The van der Waals surface area contributed by atoms with Gasteiger partial charge in [-0.05, 0) is 201 Å². The molecule has 68 heavy (non-hydrogen) atoms. The highest BCUT2D eigenvalue weighted by Gasteiger charge is 2.54. The Kier molecular flexibility index (Phi) is 6.75. The number of hydrogen-bond acceptors (Lipinski definition) is 1. The summed E-state index contributed by atoms with van der Waals surface area (Å²) < 4.78 is 2.83. The summed E-state index contributed by atoms with van der Waals surface area (Å²) in [7, 11) is 0. The van der Waals surface area contributed by atoms with Crippen LogP contribution in [0.4, 0.5) is 0 Å². The third-order valence-corrected chi connectivity index (χ3v) is 20.2. The highest BCUT2D eigenvalue weighted by Crippen LogP contribution is 2.68. The van der Waals surface area contributed by atoms with Crippen LogP contribution in [0.5, 0.6) is 0 Å². The maximum absolute atomic E-state index is 5.78. The summed E-state index contributed by atoms with van der Waals surface area (Å²) in [5, 5.41) is 6.13. The summed E-state index contributed by atoms with van der Waals surface area (Å²) in [5.41, 5.74) is 27.4. The molecule has 10 aliphatic carbocycles. The summed E-state index contributed by atoms with van der Waals surface area (Å²) in [6.07, 6.45) is 15.9. The van der Waals surface area contributed by atoms with E-state index in [2.05, 4.69) is 150 Å². The van der Waals surface area contributed by atoms with Crippen molar-refractivity contribution in [3.8, 4) is 44.5 Å². The number of hydrogen-bond donors (Lipinski definition) is 0. The molecule has 3 heterocycles. The maximum Gasteiger partial charge on any atom is 0.0732 e. The van der Waals surface area contributed by atoms with Crippen molar-refractivity contribution in [2.24, 2.45) is 23.7 Å². The molecule has 326 valence electrons. The van der Waals surface area contributed by atoms with E-state index in [1.807, 2.05) is 0 Å². The normalized spacial score (nSPS) is 26.9. The number of fused-ring (bicyclic) bond motifs is 17. The van der Waals surface area contributed by atoms with E-state index in [0.29, 0.717) is 23.7 Å². The predicted molar refractivity (Wildman–Crippen MR) is 277 cm³/mol. The van der Waals surface area contributed by atoms with Crippen molar-refractivity contribution in [1.82, 2.24) is 9.38 Å². The minimum absolute atomic E-state index is 0.432. The highest BCUT2D eigenvalue weighted by atomic mass is 14.9. The largest absolute Gasteiger partial charge is 0.306 e. The van der Waals surface area contributed by atoms with E-state index in [9.17, 15) is 0 Å². The lowest BCUT2D eigenvalue weighted by Crippen LogP contribution is -2.26. The molecule has 4 saturated carbocycles. The Labute approximate surface area is 397 Å². The molecule has 0 radical (unpaired) electrons. The molecule has 0 amide bonds. The average molecular weight is 873 g/mol. The monoisotopic (exact) mass is 872 g/mol. The molecule has 2 nitrogen and oxygen atoms in total. The van der Waals surface area contributed by atoms with E-state index in [1.165, 1.54) is 164 Å². The van der Waals surface area contributed by atoms with Crippen molar-refractivity contribution >= 4 is 38.1 Å². The summed E-state index contributed by atoms with van der Waals surface area (Å²) in [4.78, 5) is 5.78. The molecule has 8 bridgehead atoms. The molecule has 4 atom stereocenters. The average Bonchev–Trinajstić information content (AvgIpc) is 4.01. The lowest BCUT2D eigenvalue weighted by molar-refractivity contribution is 0.165. The zero-order valence-electron chi connectivity index (χ0n) is 38.4. The quantitative estimate of drug-likeness (QED) is 0.169. The van der Waals surface area contributed by atoms with Crippen LogP contribution in [0.1, 0.15) is 133 Å². The molecule has 0 saturated heterocycles. The Balaban J connectivity index is 1.08. The standard InChI is InChI=1S/C66H52N2/c1-2-12-39(13-3-1)44-14-4-5-15-45(44)49-33-55-60(58-41-26-35-22-36(27-41)25-40(24-35)57(49)58)51-32-50-48-18-8-11-21-54(48)66(52-19-9-6-16-46(52)47-17-7-10-20-53(47)66)63(50)62-61-56(68(55)65(51)62)34-67-64-43-30-37-23-38(31-43)29-42(28-37)59(61)64/h1-21,32-38,40-43H,22-31H2. The van der Waals surface area contributed by atoms with Gasteiger partial charge in [-0.25, -0.2) is 0 Å². The summed E-state index contributed by atoms with van der Waals surface area (Å²) >= 11 is 0. The molecule has 10 aromatic rings. The summed E-state index contributed by atoms with van der Waals surface area (Å²) in [6.45, 7) is 0. The Bertz CT molecular complexity index is 3810. The van der Waals surface area contributed by atoms with E-state index in [-0.39, 0.29) is 0 Å². The molecule has 0 aliphatic heterocycles. The summed E-state index contributed by atoms with van der Waals surface area (Å²) in [5.74, 6) is 5.57. The highest BCUT2D eigenvalue weighted by molar-refractivity contribution is 6.29. The third kappa shape index (κ3) is 4.26. The van der Waals surface area contributed by atoms with Gasteiger partial charge >= 0.3 is 0 Å². The number of rotatable bonds is 2. The fourth-order valence-corrected chi connectivity index (χ4v) is 18.5. The Morgan fingerprint density at radius 1 is 0.397 bits per heavy atom. The van der Waals surface area contributed by atoms with Gasteiger partial charge in [-0.2, -0.15) is 0 Å². The zero-order chi connectivity index (χ0) is 43.7. The van der Waals surface area contributed by atoms with Gasteiger partial charge in [-0.15, -0.1) is 0 Å². The molecule has 7 aromatic carbocycles.